The van der Waals surface area contributed by atoms with Crippen molar-refractivity contribution in [3.05, 3.63) is 24.2 Å². The predicted molar refractivity (Wildman–Crippen MR) is 95.8 cm³/mol. The number of hydrogen-bond acceptors (Lipinski definition) is 3. The van der Waals surface area contributed by atoms with Gasteiger partial charge in [-0.25, -0.2) is 0 Å². The molecular formula is C18H32N4O. The topological polar surface area (TPSA) is 52.8 Å². The van der Waals surface area contributed by atoms with Gasteiger partial charge in [0.25, 0.3) is 0 Å². The number of likely N-dealkylation sites (tertiary alicyclic amines) is 1. The van der Waals surface area contributed by atoms with E-state index in [0.29, 0.717) is 12.0 Å². The number of furan rings is 1. The summed E-state index contributed by atoms with van der Waals surface area (Å²) >= 11 is 0. The molecule has 0 radical (unpaired) electrons. The zero-order valence-electron chi connectivity index (χ0n) is 14.8. The average molecular weight is 320 g/mol. The first-order valence-corrected chi connectivity index (χ1v) is 8.99. The lowest BCUT2D eigenvalue weighted by Gasteiger charge is -2.29. The second-order valence-electron chi connectivity index (χ2n) is 6.53. The maximum atomic E-state index is 5.37. The van der Waals surface area contributed by atoms with Crippen LogP contribution in [0.25, 0.3) is 0 Å². The van der Waals surface area contributed by atoms with E-state index in [0.717, 1.165) is 37.8 Å². The highest BCUT2D eigenvalue weighted by atomic mass is 16.3. The maximum absolute atomic E-state index is 5.37. The summed E-state index contributed by atoms with van der Waals surface area (Å²) in [6, 6.07) is 4.48. The quantitative estimate of drug-likeness (QED) is 0.571. The highest BCUT2D eigenvalue weighted by Gasteiger charge is 2.24. The molecule has 0 bridgehead atoms. The van der Waals surface area contributed by atoms with Gasteiger partial charge in [-0.2, -0.15) is 0 Å². The molecule has 130 valence electrons. The number of aliphatic imine (C=N–C) groups is 1. The van der Waals surface area contributed by atoms with Crippen molar-refractivity contribution >= 4 is 5.96 Å². The van der Waals surface area contributed by atoms with Gasteiger partial charge in [0, 0.05) is 25.6 Å². The van der Waals surface area contributed by atoms with Gasteiger partial charge in [-0.05, 0) is 50.9 Å². The fourth-order valence-corrected chi connectivity index (χ4v) is 3.11. The number of guanidine groups is 1. The van der Waals surface area contributed by atoms with Crippen LogP contribution in [0.15, 0.2) is 27.8 Å². The van der Waals surface area contributed by atoms with Crippen LogP contribution < -0.4 is 10.6 Å². The molecule has 0 amide bonds. The molecule has 0 saturated carbocycles. The molecule has 5 nitrogen and oxygen atoms in total. The van der Waals surface area contributed by atoms with E-state index in [2.05, 4.69) is 36.3 Å². The van der Waals surface area contributed by atoms with Crippen LogP contribution in [-0.2, 0) is 6.42 Å². The molecule has 1 fully saturated rings. The molecule has 2 heterocycles. The third-order valence-corrected chi connectivity index (χ3v) is 4.40. The van der Waals surface area contributed by atoms with Crippen LogP contribution >= 0.6 is 0 Å². The summed E-state index contributed by atoms with van der Waals surface area (Å²) in [6.07, 6.45) is 5.25. The minimum absolute atomic E-state index is 0.540. The van der Waals surface area contributed by atoms with Crippen molar-refractivity contribution in [2.24, 2.45) is 10.9 Å². The zero-order chi connectivity index (χ0) is 16.5. The van der Waals surface area contributed by atoms with Crippen molar-refractivity contribution in [3.8, 4) is 0 Å². The van der Waals surface area contributed by atoms with Gasteiger partial charge >= 0.3 is 0 Å². The lowest BCUT2D eigenvalue weighted by Crippen LogP contribution is -2.42. The van der Waals surface area contributed by atoms with E-state index in [1.807, 2.05) is 12.1 Å². The monoisotopic (exact) mass is 320 g/mol. The minimum atomic E-state index is 0.540. The highest BCUT2D eigenvalue weighted by Crippen LogP contribution is 2.17. The Morgan fingerprint density at radius 2 is 2.09 bits per heavy atom. The van der Waals surface area contributed by atoms with E-state index < -0.39 is 0 Å². The second kappa shape index (κ2) is 9.60. The van der Waals surface area contributed by atoms with Gasteiger partial charge in [-0.1, -0.05) is 13.8 Å². The molecule has 1 aromatic heterocycles. The summed E-state index contributed by atoms with van der Waals surface area (Å²) in [5.41, 5.74) is 0. The van der Waals surface area contributed by atoms with Crippen LogP contribution in [0.1, 0.15) is 39.4 Å². The Balaban J connectivity index is 1.85. The summed E-state index contributed by atoms with van der Waals surface area (Å²) < 4.78 is 5.37. The fraction of sp³-hybridized carbons (Fsp3) is 0.722. The molecule has 1 aliphatic rings. The third kappa shape index (κ3) is 5.90. The summed E-state index contributed by atoms with van der Waals surface area (Å²) in [4.78, 5) is 7.42. The van der Waals surface area contributed by atoms with Crippen molar-refractivity contribution in [1.29, 1.82) is 0 Å². The Morgan fingerprint density at radius 3 is 2.70 bits per heavy atom. The molecule has 1 unspecified atom stereocenters. The number of hydrogen-bond donors (Lipinski definition) is 2. The van der Waals surface area contributed by atoms with Gasteiger partial charge in [0.15, 0.2) is 5.96 Å². The van der Waals surface area contributed by atoms with Crippen molar-refractivity contribution in [3.63, 3.8) is 0 Å². The highest BCUT2D eigenvalue weighted by molar-refractivity contribution is 5.79. The van der Waals surface area contributed by atoms with Crippen molar-refractivity contribution in [1.82, 2.24) is 15.5 Å². The molecule has 1 aromatic rings. The van der Waals surface area contributed by atoms with Gasteiger partial charge in [-0.3, -0.25) is 9.89 Å². The molecule has 1 saturated heterocycles. The van der Waals surface area contributed by atoms with E-state index >= 15 is 0 Å². The number of nitrogens with one attached hydrogen (secondary N) is 2. The molecule has 0 aromatic carbocycles. The number of nitrogens with zero attached hydrogens (tertiary/aromatic N) is 2. The Hall–Kier alpha value is -1.49. The van der Waals surface area contributed by atoms with Crippen molar-refractivity contribution in [2.45, 2.75) is 46.1 Å². The molecule has 1 atom stereocenters. The van der Waals surface area contributed by atoms with Crippen LogP contribution in [0.2, 0.25) is 0 Å². The molecule has 1 aliphatic heterocycles. The summed E-state index contributed by atoms with van der Waals surface area (Å²) in [5.74, 6) is 2.54. The van der Waals surface area contributed by atoms with Crippen LogP contribution in [0.5, 0.6) is 0 Å². The van der Waals surface area contributed by atoms with E-state index in [1.54, 1.807) is 6.26 Å². The second-order valence-corrected chi connectivity index (χ2v) is 6.53. The fourth-order valence-electron chi connectivity index (χ4n) is 3.11. The lowest BCUT2D eigenvalue weighted by molar-refractivity contribution is 0.197. The molecule has 2 rings (SSSR count). The van der Waals surface area contributed by atoms with E-state index in [-0.39, 0.29) is 0 Å². The van der Waals surface area contributed by atoms with Gasteiger partial charge in [-0.15, -0.1) is 0 Å². The van der Waals surface area contributed by atoms with Gasteiger partial charge < -0.3 is 15.1 Å². The SMILES string of the molecule is CCNC(=NCC(C(C)C)N1CCCC1)NCCc1ccco1. The van der Waals surface area contributed by atoms with Gasteiger partial charge in [0.1, 0.15) is 5.76 Å². The Morgan fingerprint density at radius 1 is 1.30 bits per heavy atom. The van der Waals surface area contributed by atoms with E-state index in [1.165, 1.54) is 25.9 Å². The first-order chi connectivity index (χ1) is 11.2. The summed E-state index contributed by atoms with van der Waals surface area (Å²) in [7, 11) is 0. The van der Waals surface area contributed by atoms with Crippen LogP contribution in [0, 0.1) is 5.92 Å². The van der Waals surface area contributed by atoms with E-state index in [4.69, 9.17) is 9.41 Å². The summed E-state index contributed by atoms with van der Waals surface area (Å²) in [5, 5.41) is 6.74. The Bertz CT molecular complexity index is 450. The normalized spacial score (nSPS) is 17.7. The molecule has 0 spiro atoms. The maximum Gasteiger partial charge on any atom is 0.191 e. The minimum Gasteiger partial charge on any atom is -0.469 e. The largest absolute Gasteiger partial charge is 0.469 e. The first kappa shape index (κ1) is 17.9. The molecule has 23 heavy (non-hydrogen) atoms. The van der Waals surface area contributed by atoms with Crippen LogP contribution in [-0.4, -0.2) is 49.6 Å². The van der Waals surface area contributed by atoms with Gasteiger partial charge in [0.05, 0.1) is 12.8 Å². The molecular weight excluding hydrogens is 288 g/mol. The number of rotatable bonds is 8. The standard InChI is InChI=1S/C18H32N4O/c1-4-19-18(20-10-9-16-8-7-13-23-16)21-14-17(15(2)3)22-11-5-6-12-22/h7-8,13,15,17H,4-6,9-12,14H2,1-3H3,(H2,19,20,21). The van der Waals surface area contributed by atoms with Crippen LogP contribution in [0.4, 0.5) is 0 Å². The zero-order valence-corrected chi connectivity index (χ0v) is 14.8. The summed E-state index contributed by atoms with van der Waals surface area (Å²) in [6.45, 7) is 11.7. The Kier molecular flexibility index (Phi) is 7.46. The molecule has 0 aliphatic carbocycles. The average Bonchev–Trinajstić information content (AvgIpc) is 3.20. The smallest absolute Gasteiger partial charge is 0.191 e. The van der Waals surface area contributed by atoms with Crippen LogP contribution in [0.3, 0.4) is 0 Å². The lowest BCUT2D eigenvalue weighted by atomic mass is 10.0. The third-order valence-electron chi connectivity index (χ3n) is 4.40. The van der Waals surface area contributed by atoms with Crippen molar-refractivity contribution < 1.29 is 4.42 Å². The van der Waals surface area contributed by atoms with Crippen molar-refractivity contribution in [2.75, 3.05) is 32.7 Å². The molecule has 5 heteroatoms. The molecule has 2 N–H and O–H groups in total. The van der Waals surface area contributed by atoms with E-state index in [9.17, 15) is 0 Å². The van der Waals surface area contributed by atoms with Gasteiger partial charge in [0.2, 0.25) is 0 Å². The predicted octanol–water partition coefficient (Wildman–Crippen LogP) is 2.50. The first-order valence-electron chi connectivity index (χ1n) is 8.99. The Labute approximate surface area is 140 Å².